The van der Waals surface area contributed by atoms with Crippen LogP contribution in [0.4, 0.5) is 0 Å². The van der Waals surface area contributed by atoms with Gasteiger partial charge in [-0.1, -0.05) is 27.7 Å². The highest BCUT2D eigenvalue weighted by atomic mass is 32.1. The number of carbonyl (C=O) groups is 1. The summed E-state index contributed by atoms with van der Waals surface area (Å²) in [5.41, 5.74) is 1.14. The van der Waals surface area contributed by atoms with Gasteiger partial charge in [0.25, 0.3) is 0 Å². The molecule has 1 aliphatic heterocycles. The smallest absolute Gasteiger partial charge is 0.223 e. The summed E-state index contributed by atoms with van der Waals surface area (Å²) in [5, 5.41) is 6.21. The van der Waals surface area contributed by atoms with Crippen molar-refractivity contribution in [2.45, 2.75) is 58.9 Å². The topological polar surface area (TPSA) is 51.2 Å². The zero-order valence-electron chi connectivity index (χ0n) is 14.3. The Hall–Kier alpha value is -0.940. The van der Waals surface area contributed by atoms with E-state index in [9.17, 15) is 4.79 Å². The second-order valence-electron chi connectivity index (χ2n) is 7.29. The van der Waals surface area contributed by atoms with Gasteiger partial charge in [0.15, 0.2) is 0 Å². The molecule has 22 heavy (non-hydrogen) atoms. The number of hydrogen-bond acceptors (Lipinski definition) is 4. The molecule has 1 aromatic heterocycles. The predicted octanol–water partition coefficient (Wildman–Crippen LogP) is 3.68. The molecular weight excluding hydrogens is 296 g/mol. The van der Waals surface area contributed by atoms with Crippen molar-refractivity contribution in [3.63, 3.8) is 0 Å². The molecule has 1 fully saturated rings. The number of rotatable bonds is 4. The highest BCUT2D eigenvalue weighted by Gasteiger charge is 2.27. The Bertz CT molecular complexity index is 501. The van der Waals surface area contributed by atoms with Crippen LogP contribution in [-0.2, 0) is 14.9 Å². The normalized spacial score (nSPS) is 19.7. The average Bonchev–Trinajstić information content (AvgIpc) is 2.97. The second-order valence-corrected chi connectivity index (χ2v) is 8.18. The van der Waals surface area contributed by atoms with Gasteiger partial charge in [0.2, 0.25) is 5.91 Å². The molecule has 0 aliphatic carbocycles. The van der Waals surface area contributed by atoms with Gasteiger partial charge in [-0.2, -0.15) is 0 Å². The molecule has 1 aromatic rings. The Kier molecular flexibility index (Phi) is 5.61. The standard InChI is InChI=1S/C17H28N2O2S/c1-11(13-6-8-21-9-7-13)15(20)18-12(2)16-19-14(10-22-16)17(3,4)5/h10-13H,6-9H2,1-5H3,(H,18,20)/t11-,12-/m0/s1. The summed E-state index contributed by atoms with van der Waals surface area (Å²) in [7, 11) is 0. The van der Waals surface area contributed by atoms with Gasteiger partial charge in [-0.3, -0.25) is 4.79 Å². The van der Waals surface area contributed by atoms with E-state index in [4.69, 9.17) is 9.72 Å². The lowest BCUT2D eigenvalue weighted by Gasteiger charge is -2.27. The molecular formula is C17H28N2O2S. The van der Waals surface area contributed by atoms with Crippen LogP contribution in [0.25, 0.3) is 0 Å². The van der Waals surface area contributed by atoms with Crippen LogP contribution < -0.4 is 5.32 Å². The summed E-state index contributed by atoms with van der Waals surface area (Å²) in [6.45, 7) is 12.1. The first-order chi connectivity index (χ1) is 10.3. The van der Waals surface area contributed by atoms with Crippen molar-refractivity contribution in [1.29, 1.82) is 0 Å². The molecule has 124 valence electrons. The molecule has 0 aromatic carbocycles. The van der Waals surface area contributed by atoms with E-state index < -0.39 is 0 Å². The van der Waals surface area contributed by atoms with Crippen molar-refractivity contribution >= 4 is 17.2 Å². The summed E-state index contributed by atoms with van der Waals surface area (Å²) in [4.78, 5) is 17.1. The number of nitrogens with one attached hydrogen (secondary N) is 1. The van der Waals surface area contributed by atoms with Crippen molar-refractivity contribution in [3.05, 3.63) is 16.1 Å². The fourth-order valence-corrected chi connectivity index (χ4v) is 3.72. The van der Waals surface area contributed by atoms with E-state index in [1.165, 1.54) is 0 Å². The molecule has 0 radical (unpaired) electrons. The largest absolute Gasteiger partial charge is 0.381 e. The minimum atomic E-state index is -0.0316. The number of amides is 1. The van der Waals surface area contributed by atoms with E-state index in [-0.39, 0.29) is 23.3 Å². The zero-order valence-corrected chi connectivity index (χ0v) is 15.1. The van der Waals surface area contributed by atoms with Crippen molar-refractivity contribution in [3.8, 4) is 0 Å². The van der Waals surface area contributed by atoms with E-state index in [1.807, 2.05) is 13.8 Å². The molecule has 1 aliphatic rings. The van der Waals surface area contributed by atoms with Crippen LogP contribution in [0, 0.1) is 11.8 Å². The maximum Gasteiger partial charge on any atom is 0.223 e. The minimum Gasteiger partial charge on any atom is -0.381 e. The van der Waals surface area contributed by atoms with E-state index in [0.29, 0.717) is 5.92 Å². The van der Waals surface area contributed by atoms with Crippen LogP contribution in [0.15, 0.2) is 5.38 Å². The lowest BCUT2D eigenvalue weighted by atomic mass is 9.86. The summed E-state index contributed by atoms with van der Waals surface area (Å²) >= 11 is 1.63. The van der Waals surface area contributed by atoms with Crippen LogP contribution in [0.5, 0.6) is 0 Å². The molecule has 4 nitrogen and oxygen atoms in total. The number of aromatic nitrogens is 1. The van der Waals surface area contributed by atoms with Crippen molar-refractivity contribution < 1.29 is 9.53 Å². The molecule has 0 unspecified atom stereocenters. The van der Waals surface area contributed by atoms with E-state index in [0.717, 1.165) is 36.8 Å². The molecule has 1 N–H and O–H groups in total. The summed E-state index contributed by atoms with van der Waals surface area (Å²) in [6.07, 6.45) is 1.96. The first kappa shape index (κ1) is 17.4. The van der Waals surface area contributed by atoms with Crippen molar-refractivity contribution in [1.82, 2.24) is 10.3 Å². The Labute approximate surface area is 137 Å². The van der Waals surface area contributed by atoms with Gasteiger partial charge in [0.1, 0.15) is 5.01 Å². The molecule has 1 saturated heterocycles. The molecule has 2 rings (SSSR count). The predicted molar refractivity (Wildman–Crippen MR) is 90.1 cm³/mol. The van der Waals surface area contributed by atoms with Gasteiger partial charge >= 0.3 is 0 Å². The first-order valence-electron chi connectivity index (χ1n) is 8.13. The Morgan fingerprint density at radius 1 is 1.36 bits per heavy atom. The highest BCUT2D eigenvalue weighted by molar-refractivity contribution is 7.09. The van der Waals surface area contributed by atoms with E-state index in [1.54, 1.807) is 11.3 Å². The SMILES string of the molecule is C[C@H](NC(=O)[C@@H](C)C1CCOCC1)c1nc(C(C)(C)C)cs1. The summed E-state index contributed by atoms with van der Waals surface area (Å²) < 4.78 is 5.37. The number of ether oxygens (including phenoxy) is 1. The van der Waals surface area contributed by atoms with Gasteiger partial charge in [-0.05, 0) is 25.7 Å². The number of thiazole rings is 1. The van der Waals surface area contributed by atoms with Gasteiger partial charge in [0, 0.05) is 29.9 Å². The summed E-state index contributed by atoms with van der Waals surface area (Å²) in [6, 6.07) is -0.0316. The van der Waals surface area contributed by atoms with Crippen LogP contribution in [0.3, 0.4) is 0 Å². The number of carbonyl (C=O) groups excluding carboxylic acids is 1. The van der Waals surface area contributed by atoms with Gasteiger partial charge < -0.3 is 10.1 Å². The molecule has 2 heterocycles. The Morgan fingerprint density at radius 3 is 2.55 bits per heavy atom. The molecule has 5 heteroatoms. The van der Waals surface area contributed by atoms with E-state index >= 15 is 0 Å². The van der Waals surface area contributed by atoms with E-state index in [2.05, 4.69) is 31.5 Å². The number of nitrogens with zero attached hydrogens (tertiary/aromatic N) is 1. The third kappa shape index (κ3) is 4.29. The van der Waals surface area contributed by atoms with Crippen molar-refractivity contribution in [2.75, 3.05) is 13.2 Å². The minimum absolute atomic E-state index is 0.0316. The third-order valence-electron chi connectivity index (χ3n) is 4.41. The zero-order chi connectivity index (χ0) is 16.3. The maximum absolute atomic E-state index is 12.5. The maximum atomic E-state index is 12.5. The molecule has 0 bridgehead atoms. The third-order valence-corrected chi connectivity index (χ3v) is 5.43. The molecule has 0 spiro atoms. The molecule has 1 amide bonds. The lowest BCUT2D eigenvalue weighted by Crippen LogP contribution is -2.36. The average molecular weight is 324 g/mol. The Balaban J connectivity index is 1.94. The van der Waals surface area contributed by atoms with Gasteiger partial charge in [0.05, 0.1) is 11.7 Å². The Morgan fingerprint density at radius 2 is 2.00 bits per heavy atom. The van der Waals surface area contributed by atoms with Crippen LogP contribution >= 0.6 is 11.3 Å². The van der Waals surface area contributed by atoms with Gasteiger partial charge in [-0.25, -0.2) is 4.98 Å². The van der Waals surface area contributed by atoms with Crippen LogP contribution in [0.2, 0.25) is 0 Å². The quantitative estimate of drug-likeness (QED) is 0.919. The monoisotopic (exact) mass is 324 g/mol. The molecule has 2 atom stereocenters. The molecule has 0 saturated carbocycles. The fourth-order valence-electron chi connectivity index (χ4n) is 2.67. The van der Waals surface area contributed by atoms with Crippen LogP contribution in [-0.4, -0.2) is 24.1 Å². The lowest BCUT2D eigenvalue weighted by molar-refractivity contribution is -0.127. The fraction of sp³-hybridized carbons (Fsp3) is 0.765. The van der Waals surface area contributed by atoms with Crippen LogP contribution in [0.1, 0.15) is 64.2 Å². The second kappa shape index (κ2) is 7.09. The highest BCUT2D eigenvalue weighted by Crippen LogP contribution is 2.28. The summed E-state index contributed by atoms with van der Waals surface area (Å²) in [5.74, 6) is 0.600. The first-order valence-corrected chi connectivity index (χ1v) is 9.01. The number of hydrogen-bond donors (Lipinski definition) is 1. The van der Waals surface area contributed by atoms with Crippen molar-refractivity contribution in [2.24, 2.45) is 11.8 Å². The van der Waals surface area contributed by atoms with Gasteiger partial charge in [-0.15, -0.1) is 11.3 Å².